The molecule has 1 heterocycles. The van der Waals surface area contributed by atoms with Gasteiger partial charge in [-0.05, 0) is 19.1 Å². The SMILES string of the molecule is Cc1cccc(/C=N\NC(=O)C(F)(F)C(F)(F)C(F)(F)F)n1. The Morgan fingerprint density at radius 1 is 1.18 bits per heavy atom. The molecule has 4 nitrogen and oxygen atoms in total. The van der Waals surface area contributed by atoms with Crippen molar-refractivity contribution in [3.63, 3.8) is 0 Å². The third kappa shape index (κ3) is 3.52. The zero-order valence-corrected chi connectivity index (χ0v) is 10.8. The molecule has 0 aliphatic carbocycles. The zero-order valence-electron chi connectivity index (χ0n) is 10.8. The van der Waals surface area contributed by atoms with Gasteiger partial charge in [-0.15, -0.1) is 0 Å². The number of nitrogens with zero attached hydrogens (tertiary/aromatic N) is 2. The summed E-state index contributed by atoms with van der Waals surface area (Å²) in [4.78, 5) is 14.6. The molecule has 0 spiro atoms. The molecule has 0 radical (unpaired) electrons. The molecule has 0 aliphatic rings. The number of amides is 1. The Morgan fingerprint density at radius 3 is 2.27 bits per heavy atom. The van der Waals surface area contributed by atoms with Gasteiger partial charge in [0.05, 0.1) is 11.9 Å². The Kier molecular flexibility index (Phi) is 4.78. The van der Waals surface area contributed by atoms with E-state index in [1.54, 1.807) is 13.0 Å². The molecule has 1 rings (SSSR count). The molecule has 122 valence electrons. The maximum absolute atomic E-state index is 12.9. The lowest BCUT2D eigenvalue weighted by Crippen LogP contribution is -2.58. The maximum Gasteiger partial charge on any atom is 0.460 e. The number of hydrogen-bond acceptors (Lipinski definition) is 3. The minimum Gasteiger partial charge on any atom is -0.266 e. The number of hydrogen-bond donors (Lipinski definition) is 1. The fourth-order valence-corrected chi connectivity index (χ4v) is 1.18. The molecule has 22 heavy (non-hydrogen) atoms. The summed E-state index contributed by atoms with van der Waals surface area (Å²) in [5.41, 5.74) is 1.51. The summed E-state index contributed by atoms with van der Waals surface area (Å²) in [7, 11) is 0. The minimum atomic E-state index is -6.59. The molecular weight excluding hydrogens is 323 g/mol. The van der Waals surface area contributed by atoms with Crippen molar-refractivity contribution in [1.29, 1.82) is 0 Å². The van der Waals surface area contributed by atoms with Gasteiger partial charge in [0, 0.05) is 5.69 Å². The van der Waals surface area contributed by atoms with Gasteiger partial charge < -0.3 is 0 Å². The number of halogens is 7. The number of rotatable bonds is 4. The maximum atomic E-state index is 12.9. The summed E-state index contributed by atoms with van der Waals surface area (Å²) in [6, 6.07) is 4.41. The van der Waals surface area contributed by atoms with Gasteiger partial charge >= 0.3 is 23.9 Å². The van der Waals surface area contributed by atoms with Gasteiger partial charge in [0.2, 0.25) is 0 Å². The Morgan fingerprint density at radius 2 is 1.77 bits per heavy atom. The second-order valence-electron chi connectivity index (χ2n) is 4.05. The van der Waals surface area contributed by atoms with E-state index < -0.39 is 23.9 Å². The number of nitrogens with one attached hydrogen (secondary N) is 1. The van der Waals surface area contributed by atoms with Gasteiger partial charge in [0.1, 0.15) is 0 Å². The molecule has 1 aromatic rings. The van der Waals surface area contributed by atoms with Crippen molar-refractivity contribution in [3.8, 4) is 0 Å². The molecule has 0 aromatic carbocycles. The van der Waals surface area contributed by atoms with Crippen LogP contribution >= 0.6 is 0 Å². The topological polar surface area (TPSA) is 54.4 Å². The highest BCUT2D eigenvalue weighted by Crippen LogP contribution is 2.46. The van der Waals surface area contributed by atoms with E-state index in [9.17, 15) is 35.5 Å². The summed E-state index contributed by atoms with van der Waals surface area (Å²) >= 11 is 0. The van der Waals surface area contributed by atoms with Crippen molar-refractivity contribution >= 4 is 12.1 Å². The molecule has 0 saturated heterocycles. The van der Waals surface area contributed by atoms with Crippen LogP contribution in [0.15, 0.2) is 23.3 Å². The van der Waals surface area contributed by atoms with Crippen LogP contribution in [0.2, 0.25) is 0 Å². The number of carbonyl (C=O) groups excluding carboxylic acids is 1. The lowest BCUT2D eigenvalue weighted by molar-refractivity contribution is -0.344. The van der Waals surface area contributed by atoms with E-state index in [0.29, 0.717) is 11.9 Å². The van der Waals surface area contributed by atoms with Crippen molar-refractivity contribution in [2.24, 2.45) is 5.10 Å². The van der Waals surface area contributed by atoms with Crippen LogP contribution in [-0.2, 0) is 4.79 Å². The summed E-state index contributed by atoms with van der Waals surface area (Å²) < 4.78 is 86.5. The highest BCUT2D eigenvalue weighted by Gasteiger charge is 2.76. The predicted molar refractivity (Wildman–Crippen MR) is 60.7 cm³/mol. The van der Waals surface area contributed by atoms with Gasteiger partial charge in [-0.2, -0.15) is 35.8 Å². The van der Waals surface area contributed by atoms with Crippen molar-refractivity contribution in [2.45, 2.75) is 24.9 Å². The third-order valence-electron chi connectivity index (χ3n) is 2.31. The first-order chi connectivity index (χ1) is 9.89. The second-order valence-corrected chi connectivity index (χ2v) is 4.05. The van der Waals surface area contributed by atoms with E-state index in [-0.39, 0.29) is 5.69 Å². The van der Waals surface area contributed by atoms with Crippen molar-refractivity contribution in [1.82, 2.24) is 10.4 Å². The fraction of sp³-hybridized carbons (Fsp3) is 0.364. The van der Waals surface area contributed by atoms with E-state index in [4.69, 9.17) is 0 Å². The highest BCUT2D eigenvalue weighted by atomic mass is 19.4. The molecule has 0 atom stereocenters. The minimum absolute atomic E-state index is 0.0752. The van der Waals surface area contributed by atoms with Crippen molar-refractivity contribution < 1.29 is 35.5 Å². The lowest BCUT2D eigenvalue weighted by atomic mass is 10.1. The fourth-order valence-electron chi connectivity index (χ4n) is 1.18. The summed E-state index contributed by atoms with van der Waals surface area (Å²) in [5, 5.41) is 2.88. The molecule has 11 heteroatoms. The number of pyridine rings is 1. The van der Waals surface area contributed by atoms with Crippen LogP contribution in [0.5, 0.6) is 0 Å². The van der Waals surface area contributed by atoms with Crippen LogP contribution in [0.4, 0.5) is 30.7 Å². The number of aryl methyl sites for hydroxylation is 1. The molecule has 0 saturated carbocycles. The largest absolute Gasteiger partial charge is 0.460 e. The van der Waals surface area contributed by atoms with Crippen molar-refractivity contribution in [3.05, 3.63) is 29.6 Å². The molecule has 0 aliphatic heterocycles. The molecule has 1 N–H and O–H groups in total. The van der Waals surface area contributed by atoms with E-state index in [1.165, 1.54) is 12.1 Å². The quantitative estimate of drug-likeness (QED) is 0.524. The van der Waals surface area contributed by atoms with Crippen LogP contribution in [0.1, 0.15) is 11.4 Å². The van der Waals surface area contributed by atoms with E-state index >= 15 is 0 Å². The molecule has 0 bridgehead atoms. The van der Waals surface area contributed by atoms with E-state index in [0.717, 1.165) is 5.43 Å². The van der Waals surface area contributed by atoms with E-state index in [2.05, 4.69) is 10.1 Å². The average molecular weight is 331 g/mol. The zero-order chi connectivity index (χ0) is 17.2. The smallest absolute Gasteiger partial charge is 0.266 e. The monoisotopic (exact) mass is 331 g/mol. The van der Waals surface area contributed by atoms with Crippen LogP contribution in [0.25, 0.3) is 0 Å². The summed E-state index contributed by atoms with van der Waals surface area (Å²) in [6.45, 7) is 1.58. The normalized spacial score (nSPS) is 13.5. The molecule has 0 unspecified atom stereocenters. The average Bonchev–Trinajstić information content (AvgIpc) is 2.37. The summed E-state index contributed by atoms with van der Waals surface area (Å²) in [5.74, 6) is -15.4. The molecule has 1 aromatic heterocycles. The van der Waals surface area contributed by atoms with Crippen LogP contribution in [-0.4, -0.2) is 35.1 Å². The van der Waals surface area contributed by atoms with Gasteiger partial charge in [0.15, 0.2) is 0 Å². The van der Waals surface area contributed by atoms with Gasteiger partial charge in [-0.3, -0.25) is 9.78 Å². The number of alkyl halides is 7. The summed E-state index contributed by atoms with van der Waals surface area (Å²) in [6.07, 6.45) is -5.87. The second kappa shape index (κ2) is 5.89. The predicted octanol–water partition coefficient (Wildman–Crippen LogP) is 2.67. The first-order valence-corrected chi connectivity index (χ1v) is 5.49. The standard InChI is InChI=1S/C11H8F7N3O/c1-6-3-2-4-7(20-6)5-19-21-8(22)9(12,13)10(14,15)11(16,17)18/h2-5H,1H3,(H,21,22)/b19-5-. The van der Waals surface area contributed by atoms with Gasteiger partial charge in [-0.25, -0.2) is 5.43 Å². The Bertz CT molecular complexity index is 583. The van der Waals surface area contributed by atoms with Crippen LogP contribution < -0.4 is 5.43 Å². The van der Waals surface area contributed by atoms with Crippen molar-refractivity contribution in [2.75, 3.05) is 0 Å². The first-order valence-electron chi connectivity index (χ1n) is 5.49. The highest BCUT2D eigenvalue weighted by molar-refractivity contribution is 5.86. The number of aromatic nitrogens is 1. The van der Waals surface area contributed by atoms with Gasteiger partial charge in [-0.1, -0.05) is 6.07 Å². The Hall–Kier alpha value is -2.20. The first kappa shape index (κ1) is 17.9. The number of carbonyl (C=O) groups is 1. The van der Waals surface area contributed by atoms with E-state index in [1.807, 2.05) is 0 Å². The Balaban J connectivity index is 2.84. The van der Waals surface area contributed by atoms with Gasteiger partial charge in [0.25, 0.3) is 0 Å². The van der Waals surface area contributed by atoms with Crippen LogP contribution in [0, 0.1) is 6.92 Å². The molecule has 0 fully saturated rings. The molecular formula is C11H8F7N3O. The molecule has 1 amide bonds. The Labute approximate surface area is 119 Å². The van der Waals surface area contributed by atoms with Crippen LogP contribution in [0.3, 0.4) is 0 Å². The third-order valence-corrected chi connectivity index (χ3v) is 2.31. The lowest BCUT2D eigenvalue weighted by Gasteiger charge is -2.26. The number of hydrazone groups is 1.